The molecule has 0 bridgehead atoms. The molecule has 1 unspecified atom stereocenters. The standard InChI is InChI=1S/C25H35N7O2/c1-5-6-12-30(4)18(3)28-24-27-15-19-16-32(25(34)31(13-14-33)23(19)29-24)21-10-11-26-22-17(2)8-7-9-20(21)22/h5,7-9,15,18,21,26,33H,1,6,10-14,16H2,2-4H3,(H,27,28,29)/t18?,21-/m0/s1. The monoisotopic (exact) mass is 465 g/mol. The fourth-order valence-corrected chi connectivity index (χ4v) is 4.66. The molecule has 0 aliphatic carbocycles. The number of carbonyl (C=O) groups is 1. The van der Waals surface area contributed by atoms with Gasteiger partial charge in [-0.1, -0.05) is 24.3 Å². The Hall–Kier alpha value is -3.17. The molecule has 1 aromatic heterocycles. The molecule has 2 aromatic rings. The lowest BCUT2D eigenvalue weighted by atomic mass is 9.93. The van der Waals surface area contributed by atoms with Crippen LogP contribution < -0.4 is 15.5 Å². The van der Waals surface area contributed by atoms with E-state index in [1.807, 2.05) is 31.0 Å². The van der Waals surface area contributed by atoms with E-state index in [4.69, 9.17) is 4.98 Å². The normalized spacial score (nSPS) is 18.3. The summed E-state index contributed by atoms with van der Waals surface area (Å²) in [6.07, 6.45) is 5.41. The number of β-amino-alcohol motifs (C(OH)–C–C–N with tert-alkyl or cyclic N) is 1. The average molecular weight is 466 g/mol. The van der Waals surface area contributed by atoms with Gasteiger partial charge in [0.2, 0.25) is 5.95 Å². The van der Waals surface area contributed by atoms with Crippen LogP contribution in [-0.4, -0.2) is 70.4 Å². The predicted octanol–water partition coefficient (Wildman–Crippen LogP) is 3.34. The van der Waals surface area contributed by atoms with Crippen LogP contribution in [0, 0.1) is 6.92 Å². The molecule has 4 rings (SSSR count). The number of para-hydroxylation sites is 1. The van der Waals surface area contributed by atoms with E-state index in [0.717, 1.165) is 42.7 Å². The Kier molecular flexibility index (Phi) is 7.33. The van der Waals surface area contributed by atoms with Gasteiger partial charge in [0, 0.05) is 30.5 Å². The number of urea groups is 1. The van der Waals surface area contributed by atoms with Crippen LogP contribution in [0.2, 0.25) is 0 Å². The lowest BCUT2D eigenvalue weighted by molar-refractivity contribution is 0.166. The molecule has 34 heavy (non-hydrogen) atoms. The second-order valence-corrected chi connectivity index (χ2v) is 8.98. The van der Waals surface area contributed by atoms with Crippen molar-refractivity contribution >= 4 is 23.5 Å². The Morgan fingerprint density at radius 3 is 3.03 bits per heavy atom. The Morgan fingerprint density at radius 2 is 2.26 bits per heavy atom. The van der Waals surface area contributed by atoms with Crippen LogP contribution in [0.3, 0.4) is 0 Å². The summed E-state index contributed by atoms with van der Waals surface area (Å²) in [6.45, 7) is 10.0. The van der Waals surface area contributed by atoms with Gasteiger partial charge in [-0.25, -0.2) is 9.78 Å². The number of rotatable bonds is 9. The summed E-state index contributed by atoms with van der Waals surface area (Å²) in [5.74, 6) is 1.02. The van der Waals surface area contributed by atoms with E-state index < -0.39 is 0 Å². The minimum atomic E-state index is -0.144. The number of aliphatic hydroxyl groups is 1. The molecule has 9 nitrogen and oxygen atoms in total. The van der Waals surface area contributed by atoms with E-state index in [0.29, 0.717) is 18.3 Å². The number of anilines is 3. The highest BCUT2D eigenvalue weighted by molar-refractivity contribution is 5.94. The topological polar surface area (TPSA) is 96.9 Å². The van der Waals surface area contributed by atoms with E-state index in [2.05, 4.69) is 46.2 Å². The van der Waals surface area contributed by atoms with Crippen LogP contribution >= 0.6 is 0 Å². The highest BCUT2D eigenvalue weighted by Gasteiger charge is 2.38. The molecule has 3 N–H and O–H groups in total. The number of aryl methyl sites for hydroxylation is 1. The molecule has 0 saturated carbocycles. The van der Waals surface area contributed by atoms with Gasteiger partial charge in [-0.15, -0.1) is 6.58 Å². The van der Waals surface area contributed by atoms with Crippen molar-refractivity contribution in [1.82, 2.24) is 19.8 Å². The Balaban J connectivity index is 1.61. The second kappa shape index (κ2) is 10.4. The number of aliphatic hydroxyl groups excluding tert-OH is 1. The maximum Gasteiger partial charge on any atom is 0.326 e. The fourth-order valence-electron chi connectivity index (χ4n) is 4.66. The van der Waals surface area contributed by atoms with Crippen molar-refractivity contribution in [2.45, 2.75) is 45.4 Å². The largest absolute Gasteiger partial charge is 0.395 e. The van der Waals surface area contributed by atoms with Crippen molar-refractivity contribution in [1.29, 1.82) is 0 Å². The summed E-state index contributed by atoms with van der Waals surface area (Å²) in [4.78, 5) is 28.5. The van der Waals surface area contributed by atoms with Gasteiger partial charge in [-0.3, -0.25) is 9.80 Å². The number of hydrogen-bond donors (Lipinski definition) is 3. The molecule has 0 saturated heterocycles. The van der Waals surface area contributed by atoms with Gasteiger partial charge in [-0.05, 0) is 44.9 Å². The van der Waals surface area contributed by atoms with Crippen molar-refractivity contribution in [2.75, 3.05) is 48.8 Å². The van der Waals surface area contributed by atoms with Crippen LogP contribution in [0.15, 0.2) is 37.1 Å². The molecular weight excluding hydrogens is 430 g/mol. The maximum atomic E-state index is 13.7. The average Bonchev–Trinajstić information content (AvgIpc) is 2.84. The van der Waals surface area contributed by atoms with Crippen LogP contribution in [0.25, 0.3) is 0 Å². The molecule has 9 heteroatoms. The third-order valence-electron chi connectivity index (χ3n) is 6.68. The second-order valence-electron chi connectivity index (χ2n) is 8.98. The van der Waals surface area contributed by atoms with E-state index in [1.54, 1.807) is 11.1 Å². The molecule has 1 aromatic carbocycles. The summed E-state index contributed by atoms with van der Waals surface area (Å²) in [7, 11) is 2.03. The van der Waals surface area contributed by atoms with Gasteiger partial charge >= 0.3 is 6.03 Å². The van der Waals surface area contributed by atoms with E-state index in [1.165, 1.54) is 5.56 Å². The highest BCUT2D eigenvalue weighted by atomic mass is 16.3. The van der Waals surface area contributed by atoms with Gasteiger partial charge in [0.25, 0.3) is 0 Å². The Morgan fingerprint density at radius 1 is 1.44 bits per heavy atom. The lowest BCUT2D eigenvalue weighted by Crippen LogP contribution is -2.51. The van der Waals surface area contributed by atoms with Crippen LogP contribution in [0.1, 0.15) is 42.5 Å². The van der Waals surface area contributed by atoms with Gasteiger partial charge in [-0.2, -0.15) is 4.98 Å². The van der Waals surface area contributed by atoms with Crippen molar-refractivity contribution in [3.8, 4) is 0 Å². The van der Waals surface area contributed by atoms with Crippen molar-refractivity contribution < 1.29 is 9.90 Å². The molecule has 2 aliphatic heterocycles. The molecule has 2 amide bonds. The third-order valence-corrected chi connectivity index (χ3v) is 6.68. The third kappa shape index (κ3) is 4.71. The van der Waals surface area contributed by atoms with Crippen LogP contribution in [0.5, 0.6) is 0 Å². The number of nitrogens with zero attached hydrogens (tertiary/aromatic N) is 5. The molecule has 0 radical (unpaired) electrons. The van der Waals surface area contributed by atoms with Gasteiger partial charge in [0.05, 0.1) is 31.9 Å². The molecule has 2 atom stereocenters. The molecule has 2 aliphatic rings. The SMILES string of the molecule is C=CCCN(C)C(C)Nc1ncc2c(n1)N(CCO)C(=O)N([C@H]1CCNc3c(C)cccc31)C2. The fraction of sp³-hybridized carbons (Fsp3) is 0.480. The number of aromatic nitrogens is 2. The smallest absolute Gasteiger partial charge is 0.326 e. The summed E-state index contributed by atoms with van der Waals surface area (Å²) in [6, 6.07) is 6.02. The molecular formula is C25H35N7O2. The summed E-state index contributed by atoms with van der Waals surface area (Å²) >= 11 is 0. The minimum Gasteiger partial charge on any atom is -0.395 e. The zero-order chi connectivity index (χ0) is 24.2. The van der Waals surface area contributed by atoms with Gasteiger partial charge < -0.3 is 20.6 Å². The van der Waals surface area contributed by atoms with Gasteiger partial charge in [0.15, 0.2) is 0 Å². The first-order valence-corrected chi connectivity index (χ1v) is 11.9. The number of fused-ring (bicyclic) bond motifs is 2. The molecule has 3 heterocycles. The zero-order valence-electron chi connectivity index (χ0n) is 20.3. The first-order chi connectivity index (χ1) is 16.4. The summed E-state index contributed by atoms with van der Waals surface area (Å²) in [5.41, 5.74) is 4.28. The highest BCUT2D eigenvalue weighted by Crippen LogP contribution is 2.40. The van der Waals surface area contributed by atoms with E-state index in [9.17, 15) is 9.90 Å². The Bertz CT molecular complexity index is 1040. The minimum absolute atomic E-state index is 0.00885. The van der Waals surface area contributed by atoms with E-state index in [-0.39, 0.29) is 31.4 Å². The quantitative estimate of drug-likeness (QED) is 0.386. The predicted molar refractivity (Wildman–Crippen MR) is 135 cm³/mol. The van der Waals surface area contributed by atoms with E-state index >= 15 is 0 Å². The van der Waals surface area contributed by atoms with Crippen LogP contribution in [0.4, 0.5) is 22.2 Å². The molecule has 0 fully saturated rings. The van der Waals surface area contributed by atoms with Crippen molar-refractivity contribution in [3.05, 3.63) is 53.7 Å². The van der Waals surface area contributed by atoms with Gasteiger partial charge in [0.1, 0.15) is 5.82 Å². The summed E-state index contributed by atoms with van der Waals surface area (Å²) < 4.78 is 0. The lowest BCUT2D eigenvalue weighted by Gasteiger charge is -2.42. The zero-order valence-corrected chi connectivity index (χ0v) is 20.3. The number of benzene rings is 1. The number of hydrogen-bond acceptors (Lipinski definition) is 7. The molecule has 182 valence electrons. The Labute approximate surface area is 201 Å². The number of carbonyl (C=O) groups excluding carboxylic acids is 1. The first kappa shape index (κ1) is 24.0. The summed E-state index contributed by atoms with van der Waals surface area (Å²) in [5, 5.41) is 16.5. The number of nitrogens with one attached hydrogen (secondary N) is 2. The molecule has 0 spiro atoms. The number of amides is 2. The van der Waals surface area contributed by atoms with Crippen LogP contribution in [-0.2, 0) is 6.54 Å². The van der Waals surface area contributed by atoms with Crippen molar-refractivity contribution in [2.24, 2.45) is 0 Å². The maximum absolute atomic E-state index is 13.7. The first-order valence-electron chi connectivity index (χ1n) is 11.9. The van der Waals surface area contributed by atoms with Crippen molar-refractivity contribution in [3.63, 3.8) is 0 Å².